The molecule has 0 saturated carbocycles. The van der Waals surface area contributed by atoms with Crippen molar-refractivity contribution in [3.8, 4) is 5.75 Å². The molecule has 0 radical (unpaired) electrons. The molecule has 6 heteroatoms. The molecule has 0 bridgehead atoms. The van der Waals surface area contributed by atoms with Gasteiger partial charge in [0.1, 0.15) is 5.75 Å². The lowest BCUT2D eigenvalue weighted by Crippen LogP contribution is -2.44. The average molecular weight is 420 g/mol. The molecule has 0 aromatic heterocycles. The molecule has 0 fully saturated rings. The molecule has 1 aromatic carbocycles. The van der Waals surface area contributed by atoms with Crippen molar-refractivity contribution in [2.24, 2.45) is 11.8 Å². The van der Waals surface area contributed by atoms with Crippen molar-refractivity contribution in [2.75, 3.05) is 26.2 Å². The van der Waals surface area contributed by atoms with Crippen molar-refractivity contribution in [2.45, 2.75) is 34.1 Å². The van der Waals surface area contributed by atoms with Gasteiger partial charge in [-0.1, -0.05) is 55.2 Å². The van der Waals surface area contributed by atoms with Crippen LogP contribution in [0.15, 0.2) is 22.7 Å². The predicted octanol–water partition coefficient (Wildman–Crippen LogP) is 5.20. The molecule has 1 aromatic rings. The van der Waals surface area contributed by atoms with Crippen LogP contribution in [0.1, 0.15) is 34.1 Å². The normalized spacial score (nSPS) is 11.0. The highest BCUT2D eigenvalue weighted by Crippen LogP contribution is 2.27. The third-order valence-electron chi connectivity index (χ3n) is 3.21. The van der Waals surface area contributed by atoms with Crippen LogP contribution in [0.25, 0.3) is 0 Å². The summed E-state index contributed by atoms with van der Waals surface area (Å²) >= 11 is 9.46. The van der Waals surface area contributed by atoms with E-state index in [1.54, 1.807) is 6.07 Å². The zero-order valence-electron chi connectivity index (χ0n) is 14.9. The van der Waals surface area contributed by atoms with Gasteiger partial charge in [-0.05, 0) is 36.5 Å². The topological polar surface area (TPSA) is 41.6 Å². The first-order chi connectivity index (χ1) is 11.3. The summed E-state index contributed by atoms with van der Waals surface area (Å²) < 4.78 is 6.56. The second-order valence-electron chi connectivity index (χ2n) is 6.70. The van der Waals surface area contributed by atoms with Gasteiger partial charge in [-0.15, -0.1) is 0 Å². The largest absolute Gasteiger partial charge is 0.492 e. The maximum Gasteiger partial charge on any atom is 0.317 e. The predicted molar refractivity (Wildman–Crippen MR) is 104 cm³/mol. The van der Waals surface area contributed by atoms with Crippen LogP contribution in [-0.4, -0.2) is 37.2 Å². The number of urea groups is 1. The van der Waals surface area contributed by atoms with Gasteiger partial charge < -0.3 is 15.0 Å². The van der Waals surface area contributed by atoms with Gasteiger partial charge in [-0.2, -0.15) is 0 Å². The number of carbonyl (C=O) groups is 1. The smallest absolute Gasteiger partial charge is 0.317 e. The third kappa shape index (κ3) is 8.25. The number of hydrogen-bond donors (Lipinski definition) is 1. The minimum atomic E-state index is -0.000857. The first-order valence-corrected chi connectivity index (χ1v) is 9.57. The molecule has 1 rings (SSSR count). The van der Waals surface area contributed by atoms with Gasteiger partial charge in [0.05, 0.1) is 11.6 Å². The summed E-state index contributed by atoms with van der Waals surface area (Å²) in [7, 11) is 0. The molecule has 0 heterocycles. The summed E-state index contributed by atoms with van der Waals surface area (Å²) in [5.41, 5.74) is 0. The Hall–Kier alpha value is -0.940. The van der Waals surface area contributed by atoms with Gasteiger partial charge in [0.25, 0.3) is 0 Å². The number of amides is 2. The van der Waals surface area contributed by atoms with E-state index in [9.17, 15) is 4.79 Å². The Morgan fingerprint density at radius 2 is 1.88 bits per heavy atom. The molecule has 0 aliphatic rings. The highest BCUT2D eigenvalue weighted by Gasteiger charge is 2.15. The van der Waals surface area contributed by atoms with Gasteiger partial charge in [0, 0.05) is 24.1 Å². The first kappa shape index (κ1) is 21.1. The second-order valence-corrected chi connectivity index (χ2v) is 8.02. The van der Waals surface area contributed by atoms with E-state index in [0.717, 1.165) is 24.0 Å². The molecular formula is C18H28BrClN2O2. The van der Waals surface area contributed by atoms with E-state index in [0.29, 0.717) is 35.8 Å². The van der Waals surface area contributed by atoms with Crippen LogP contribution in [0.2, 0.25) is 5.02 Å². The van der Waals surface area contributed by atoms with E-state index in [2.05, 4.69) is 48.9 Å². The van der Waals surface area contributed by atoms with Crippen molar-refractivity contribution in [1.82, 2.24) is 10.2 Å². The summed E-state index contributed by atoms with van der Waals surface area (Å²) in [5, 5.41) is 3.55. The number of hydrogen-bond acceptors (Lipinski definition) is 2. The van der Waals surface area contributed by atoms with Crippen molar-refractivity contribution >= 4 is 33.6 Å². The number of carbonyl (C=O) groups excluding carboxylic acids is 1. The number of rotatable bonds is 9. The minimum absolute atomic E-state index is 0.000857. The zero-order chi connectivity index (χ0) is 18.1. The quantitative estimate of drug-likeness (QED) is 0.559. The molecule has 0 aliphatic heterocycles. The SMILES string of the molecule is CC(C)CN(CC(C)C)C(=O)NCCCOc1ccc(Br)cc1Cl. The van der Waals surface area contributed by atoms with E-state index < -0.39 is 0 Å². The van der Waals surface area contributed by atoms with Gasteiger partial charge in [-0.25, -0.2) is 4.79 Å². The fourth-order valence-electron chi connectivity index (χ4n) is 2.28. The Morgan fingerprint density at radius 1 is 1.25 bits per heavy atom. The van der Waals surface area contributed by atoms with Crippen molar-refractivity contribution in [3.63, 3.8) is 0 Å². The third-order valence-corrected chi connectivity index (χ3v) is 4.00. The molecule has 2 amide bonds. The van der Waals surface area contributed by atoms with Gasteiger partial charge in [-0.3, -0.25) is 0 Å². The fraction of sp³-hybridized carbons (Fsp3) is 0.611. The summed E-state index contributed by atoms with van der Waals surface area (Å²) in [4.78, 5) is 14.2. The summed E-state index contributed by atoms with van der Waals surface area (Å²) in [5.74, 6) is 1.57. The van der Waals surface area contributed by atoms with Crippen molar-refractivity contribution in [3.05, 3.63) is 27.7 Å². The molecule has 0 saturated heterocycles. The standard InChI is InChI=1S/C18H28BrClN2O2/c1-13(2)11-22(12-14(3)4)18(23)21-8-5-9-24-17-7-6-15(19)10-16(17)20/h6-7,10,13-14H,5,8-9,11-12H2,1-4H3,(H,21,23). The highest BCUT2D eigenvalue weighted by molar-refractivity contribution is 9.10. The lowest BCUT2D eigenvalue weighted by atomic mass is 10.1. The second kappa shape index (κ2) is 10.8. The molecule has 0 unspecified atom stereocenters. The maximum absolute atomic E-state index is 12.3. The molecule has 0 atom stereocenters. The van der Waals surface area contributed by atoms with Gasteiger partial charge >= 0.3 is 6.03 Å². The minimum Gasteiger partial charge on any atom is -0.492 e. The fourth-order valence-corrected chi connectivity index (χ4v) is 3.00. The van der Waals surface area contributed by atoms with E-state index >= 15 is 0 Å². The lowest BCUT2D eigenvalue weighted by Gasteiger charge is -2.26. The highest BCUT2D eigenvalue weighted by atomic mass is 79.9. The Labute approximate surface area is 159 Å². The van der Waals surface area contributed by atoms with Crippen LogP contribution in [0, 0.1) is 11.8 Å². The Kier molecular flexibility index (Phi) is 9.52. The number of halogens is 2. The van der Waals surface area contributed by atoms with Crippen LogP contribution in [0.5, 0.6) is 5.75 Å². The molecule has 1 N–H and O–H groups in total. The number of nitrogens with one attached hydrogen (secondary N) is 1. The molecule has 136 valence electrons. The zero-order valence-corrected chi connectivity index (χ0v) is 17.3. The van der Waals surface area contributed by atoms with Crippen LogP contribution < -0.4 is 10.1 Å². The van der Waals surface area contributed by atoms with E-state index in [-0.39, 0.29) is 6.03 Å². The molecular weight excluding hydrogens is 392 g/mol. The maximum atomic E-state index is 12.3. The monoisotopic (exact) mass is 418 g/mol. The van der Waals surface area contributed by atoms with E-state index in [1.165, 1.54) is 0 Å². The first-order valence-electron chi connectivity index (χ1n) is 8.40. The van der Waals surface area contributed by atoms with E-state index in [1.807, 2.05) is 17.0 Å². The average Bonchev–Trinajstić information content (AvgIpc) is 2.47. The molecule has 4 nitrogen and oxygen atoms in total. The van der Waals surface area contributed by atoms with Crippen LogP contribution >= 0.6 is 27.5 Å². The van der Waals surface area contributed by atoms with Crippen LogP contribution in [0.4, 0.5) is 4.79 Å². The van der Waals surface area contributed by atoms with Crippen molar-refractivity contribution in [1.29, 1.82) is 0 Å². The lowest BCUT2D eigenvalue weighted by molar-refractivity contribution is 0.182. The Bertz CT molecular complexity index is 514. The Morgan fingerprint density at radius 3 is 2.42 bits per heavy atom. The molecule has 0 spiro atoms. The number of benzene rings is 1. The van der Waals surface area contributed by atoms with Gasteiger partial charge in [0.2, 0.25) is 0 Å². The summed E-state index contributed by atoms with van der Waals surface area (Å²) in [6.45, 7) is 11.1. The van der Waals surface area contributed by atoms with Crippen LogP contribution in [-0.2, 0) is 0 Å². The van der Waals surface area contributed by atoms with E-state index in [4.69, 9.17) is 16.3 Å². The Balaban J connectivity index is 2.33. The number of nitrogens with zero attached hydrogens (tertiary/aromatic N) is 1. The van der Waals surface area contributed by atoms with Crippen LogP contribution in [0.3, 0.4) is 0 Å². The van der Waals surface area contributed by atoms with Gasteiger partial charge in [0.15, 0.2) is 0 Å². The van der Waals surface area contributed by atoms with Crippen molar-refractivity contribution < 1.29 is 9.53 Å². The number of ether oxygens (including phenoxy) is 1. The molecule has 24 heavy (non-hydrogen) atoms. The summed E-state index contributed by atoms with van der Waals surface area (Å²) in [6, 6.07) is 5.52. The molecule has 0 aliphatic carbocycles. The summed E-state index contributed by atoms with van der Waals surface area (Å²) in [6.07, 6.45) is 0.731.